The lowest BCUT2D eigenvalue weighted by Gasteiger charge is -2.35. The maximum absolute atomic E-state index is 12.4. The summed E-state index contributed by atoms with van der Waals surface area (Å²) in [6.45, 7) is 7.33. The van der Waals surface area contributed by atoms with Crippen molar-refractivity contribution in [2.75, 3.05) is 31.1 Å². The monoisotopic (exact) mass is 315 g/mol. The molecule has 3 heterocycles. The molecule has 1 N–H and O–H groups in total. The number of aryl methyl sites for hydroxylation is 1. The number of anilines is 1. The molecule has 2 aliphatic heterocycles. The third kappa shape index (κ3) is 4.00. The van der Waals surface area contributed by atoms with Crippen molar-refractivity contribution in [3.63, 3.8) is 0 Å². The van der Waals surface area contributed by atoms with E-state index in [1.165, 1.54) is 5.57 Å². The molecule has 23 heavy (non-hydrogen) atoms. The van der Waals surface area contributed by atoms with Crippen molar-refractivity contribution >= 4 is 11.8 Å². The van der Waals surface area contributed by atoms with Crippen molar-refractivity contribution < 1.29 is 4.79 Å². The second-order valence-corrected chi connectivity index (χ2v) is 6.53. The van der Waals surface area contributed by atoms with Crippen molar-refractivity contribution in [1.29, 1.82) is 0 Å². The van der Waals surface area contributed by atoms with Gasteiger partial charge in [0, 0.05) is 32.2 Å². The predicted molar refractivity (Wildman–Crippen MR) is 90.5 cm³/mol. The van der Waals surface area contributed by atoms with E-state index in [0.29, 0.717) is 0 Å². The van der Waals surface area contributed by atoms with Crippen LogP contribution in [0.4, 0.5) is 10.6 Å². The molecule has 1 aromatic heterocycles. The van der Waals surface area contributed by atoms with Gasteiger partial charge in [-0.15, -0.1) is 5.10 Å². The van der Waals surface area contributed by atoms with Crippen LogP contribution < -0.4 is 10.2 Å². The summed E-state index contributed by atoms with van der Waals surface area (Å²) in [5.41, 5.74) is 2.19. The first-order chi connectivity index (χ1) is 11.1. The van der Waals surface area contributed by atoms with Gasteiger partial charge in [-0.1, -0.05) is 11.6 Å². The molecule has 0 saturated carbocycles. The zero-order valence-corrected chi connectivity index (χ0v) is 14.0. The van der Waals surface area contributed by atoms with Gasteiger partial charge in [0.05, 0.1) is 5.69 Å². The van der Waals surface area contributed by atoms with Crippen molar-refractivity contribution in [2.45, 2.75) is 39.2 Å². The summed E-state index contributed by atoms with van der Waals surface area (Å²) in [5, 5.41) is 11.6. The number of rotatable bonds is 2. The molecular formula is C17H25N5O. The molecule has 0 aliphatic carbocycles. The highest BCUT2D eigenvalue weighted by Gasteiger charge is 2.25. The number of carbonyl (C=O) groups excluding carboxylic acids is 1. The van der Waals surface area contributed by atoms with Gasteiger partial charge in [-0.2, -0.15) is 5.10 Å². The first kappa shape index (κ1) is 15.8. The fourth-order valence-electron chi connectivity index (χ4n) is 3.21. The van der Waals surface area contributed by atoms with E-state index in [0.717, 1.165) is 57.0 Å². The Morgan fingerprint density at radius 1 is 1.26 bits per heavy atom. The van der Waals surface area contributed by atoms with E-state index in [-0.39, 0.29) is 12.1 Å². The second-order valence-electron chi connectivity index (χ2n) is 6.53. The molecule has 2 aliphatic rings. The van der Waals surface area contributed by atoms with E-state index in [2.05, 4.69) is 33.4 Å². The minimum Gasteiger partial charge on any atom is -0.353 e. The van der Waals surface area contributed by atoms with Crippen LogP contribution in [0, 0.1) is 6.92 Å². The standard InChI is InChI=1S/C17H25N5O/c1-13-5-3-10-22(11-13)17(23)18-15-6-4-9-21(12-15)16-8-7-14(2)19-20-16/h5,7-8,15H,3-4,6,9-12H2,1-2H3,(H,18,23). The average molecular weight is 315 g/mol. The summed E-state index contributed by atoms with van der Waals surface area (Å²) in [7, 11) is 0. The summed E-state index contributed by atoms with van der Waals surface area (Å²) < 4.78 is 0. The molecule has 0 aromatic carbocycles. The second kappa shape index (κ2) is 6.98. The molecule has 0 radical (unpaired) electrons. The number of carbonyl (C=O) groups is 1. The Bertz CT molecular complexity index is 583. The van der Waals surface area contributed by atoms with Crippen LogP contribution in [0.2, 0.25) is 0 Å². The number of aromatic nitrogens is 2. The molecule has 0 bridgehead atoms. The zero-order valence-electron chi connectivity index (χ0n) is 14.0. The topological polar surface area (TPSA) is 61.4 Å². The van der Waals surface area contributed by atoms with Crippen LogP contribution in [0.5, 0.6) is 0 Å². The minimum absolute atomic E-state index is 0.0549. The average Bonchev–Trinajstić information content (AvgIpc) is 2.56. The summed E-state index contributed by atoms with van der Waals surface area (Å²) in [4.78, 5) is 16.6. The number of amides is 2. The lowest BCUT2D eigenvalue weighted by atomic mass is 10.1. The highest BCUT2D eigenvalue weighted by Crippen LogP contribution is 2.18. The van der Waals surface area contributed by atoms with E-state index >= 15 is 0 Å². The third-order valence-electron chi connectivity index (χ3n) is 4.48. The van der Waals surface area contributed by atoms with Crippen LogP contribution in [0.3, 0.4) is 0 Å². The Morgan fingerprint density at radius 3 is 2.87 bits per heavy atom. The Kier molecular flexibility index (Phi) is 4.79. The number of urea groups is 1. The molecular weight excluding hydrogens is 290 g/mol. The van der Waals surface area contributed by atoms with Crippen molar-refractivity contribution in [3.8, 4) is 0 Å². The van der Waals surface area contributed by atoms with Gasteiger partial charge in [-0.25, -0.2) is 4.79 Å². The maximum Gasteiger partial charge on any atom is 0.317 e. The maximum atomic E-state index is 12.4. The highest BCUT2D eigenvalue weighted by atomic mass is 16.2. The zero-order chi connectivity index (χ0) is 16.2. The fourth-order valence-corrected chi connectivity index (χ4v) is 3.21. The Morgan fingerprint density at radius 2 is 2.13 bits per heavy atom. The normalized spacial score (nSPS) is 21.8. The van der Waals surface area contributed by atoms with Crippen LogP contribution in [0.1, 0.15) is 31.9 Å². The fraction of sp³-hybridized carbons (Fsp3) is 0.588. The van der Waals surface area contributed by atoms with Crippen molar-refractivity contribution in [3.05, 3.63) is 29.5 Å². The molecule has 2 amide bonds. The van der Waals surface area contributed by atoms with E-state index in [1.54, 1.807) is 0 Å². The molecule has 6 nitrogen and oxygen atoms in total. The molecule has 1 fully saturated rings. The van der Waals surface area contributed by atoms with Crippen molar-refractivity contribution in [1.82, 2.24) is 20.4 Å². The van der Waals surface area contributed by atoms with Crippen LogP contribution in [-0.2, 0) is 0 Å². The van der Waals surface area contributed by atoms with Gasteiger partial charge in [0.1, 0.15) is 0 Å². The van der Waals surface area contributed by atoms with Gasteiger partial charge in [0.15, 0.2) is 5.82 Å². The summed E-state index contributed by atoms with van der Waals surface area (Å²) in [5.74, 6) is 0.895. The summed E-state index contributed by atoms with van der Waals surface area (Å²) in [6, 6.07) is 4.21. The van der Waals surface area contributed by atoms with Gasteiger partial charge in [-0.05, 0) is 45.2 Å². The Labute approximate surface area is 137 Å². The smallest absolute Gasteiger partial charge is 0.317 e. The van der Waals surface area contributed by atoms with Crippen LogP contribution in [0.15, 0.2) is 23.8 Å². The van der Waals surface area contributed by atoms with Gasteiger partial charge < -0.3 is 15.1 Å². The van der Waals surface area contributed by atoms with E-state index < -0.39 is 0 Å². The first-order valence-electron chi connectivity index (χ1n) is 8.38. The molecule has 124 valence electrons. The van der Waals surface area contributed by atoms with E-state index in [9.17, 15) is 4.79 Å². The molecule has 6 heteroatoms. The number of hydrogen-bond donors (Lipinski definition) is 1. The Hall–Kier alpha value is -2.11. The SMILES string of the molecule is CC1=CCCN(C(=O)NC2CCCN(c3ccc(C)nn3)C2)C1. The van der Waals surface area contributed by atoms with Crippen LogP contribution in [0.25, 0.3) is 0 Å². The largest absolute Gasteiger partial charge is 0.353 e. The van der Waals surface area contributed by atoms with Crippen LogP contribution in [-0.4, -0.2) is 53.3 Å². The minimum atomic E-state index is 0.0549. The molecule has 0 spiro atoms. The molecule has 1 saturated heterocycles. The lowest BCUT2D eigenvalue weighted by Crippen LogP contribution is -2.52. The number of piperidine rings is 1. The van der Waals surface area contributed by atoms with Gasteiger partial charge in [0.2, 0.25) is 0 Å². The first-order valence-corrected chi connectivity index (χ1v) is 8.38. The third-order valence-corrected chi connectivity index (χ3v) is 4.48. The number of nitrogens with one attached hydrogen (secondary N) is 1. The molecule has 3 rings (SSSR count). The predicted octanol–water partition coefficient (Wildman–Crippen LogP) is 2.12. The Balaban J connectivity index is 1.57. The number of hydrogen-bond acceptors (Lipinski definition) is 4. The van der Waals surface area contributed by atoms with E-state index in [4.69, 9.17) is 0 Å². The summed E-state index contributed by atoms with van der Waals surface area (Å²) in [6.07, 6.45) is 5.24. The van der Waals surface area contributed by atoms with Crippen LogP contribution >= 0.6 is 0 Å². The molecule has 1 atom stereocenters. The molecule has 1 unspecified atom stereocenters. The summed E-state index contributed by atoms with van der Waals surface area (Å²) >= 11 is 0. The van der Waals surface area contributed by atoms with Gasteiger partial charge in [0.25, 0.3) is 0 Å². The van der Waals surface area contributed by atoms with Gasteiger partial charge in [-0.3, -0.25) is 0 Å². The van der Waals surface area contributed by atoms with E-state index in [1.807, 2.05) is 24.0 Å². The lowest BCUT2D eigenvalue weighted by molar-refractivity contribution is 0.195. The van der Waals surface area contributed by atoms with Crippen molar-refractivity contribution in [2.24, 2.45) is 0 Å². The molecule has 1 aromatic rings. The quantitative estimate of drug-likeness (QED) is 0.849. The highest BCUT2D eigenvalue weighted by molar-refractivity contribution is 5.75. The number of nitrogens with zero attached hydrogens (tertiary/aromatic N) is 4. The van der Waals surface area contributed by atoms with Gasteiger partial charge >= 0.3 is 6.03 Å².